The molecule has 0 radical (unpaired) electrons. The van der Waals surface area contributed by atoms with Crippen LogP contribution in [0, 0.1) is 27.7 Å². The number of fused-ring (bicyclic) bond motifs is 13. The van der Waals surface area contributed by atoms with Crippen LogP contribution in [0.1, 0.15) is 22.3 Å². The Hall–Kier alpha value is -7.86. The van der Waals surface area contributed by atoms with E-state index in [-0.39, 0.29) is 0 Å². The Balaban J connectivity index is 1.14. The van der Waals surface area contributed by atoms with Gasteiger partial charge in [0.05, 0.1) is 22.7 Å². The first kappa shape index (κ1) is 37.7. The second kappa shape index (κ2) is 14.3. The van der Waals surface area contributed by atoms with E-state index in [2.05, 4.69) is 207 Å². The molecule has 0 bridgehead atoms. The van der Waals surface area contributed by atoms with Crippen LogP contribution in [-0.2, 0) is 0 Å². The van der Waals surface area contributed by atoms with E-state index in [0.29, 0.717) is 0 Å². The summed E-state index contributed by atoms with van der Waals surface area (Å²) in [6, 6.07) is 66.1. The minimum Gasteiger partial charge on any atom is -0.454 e. The van der Waals surface area contributed by atoms with Crippen molar-refractivity contribution in [2.45, 2.75) is 27.7 Å². The zero-order valence-corrected chi connectivity index (χ0v) is 37.3. The molecule has 0 saturated carbocycles. The van der Waals surface area contributed by atoms with Gasteiger partial charge in [0.15, 0.2) is 11.2 Å². The molecule has 4 nitrogen and oxygen atoms in total. The number of para-hydroxylation sites is 4. The molecule has 13 aromatic rings. The molecule has 0 aliphatic heterocycles. The van der Waals surface area contributed by atoms with Gasteiger partial charge < -0.3 is 18.6 Å². The lowest BCUT2D eigenvalue weighted by molar-refractivity contribution is 0.669. The lowest BCUT2D eigenvalue weighted by atomic mass is 9.98. The smallest absolute Gasteiger partial charge is 0.159 e. The maximum absolute atomic E-state index is 6.80. The number of thiophene rings is 1. The van der Waals surface area contributed by atoms with Gasteiger partial charge in [-0.3, -0.25) is 0 Å². The molecule has 3 aromatic heterocycles. The predicted molar refractivity (Wildman–Crippen MR) is 277 cm³/mol. The van der Waals surface area contributed by atoms with Crippen molar-refractivity contribution in [1.82, 2.24) is 0 Å². The SMILES string of the molecule is Cc1ccc(N(c2cc3c4cc(N(c5ccc(C)c(C)c5)c5cccc6c5oc5ccccc56)c5ccccc5c4sc3c3ccccc23)c2cccc3c2oc2ccccc23)cc1C. The fraction of sp³-hybridized carbons (Fsp3) is 0.0667. The highest BCUT2D eigenvalue weighted by Gasteiger charge is 2.27. The summed E-state index contributed by atoms with van der Waals surface area (Å²) in [4.78, 5) is 4.85. The average molecular weight is 855 g/mol. The summed E-state index contributed by atoms with van der Waals surface area (Å²) in [5, 5.41) is 11.6. The molecular weight excluding hydrogens is 813 g/mol. The highest BCUT2D eigenvalue weighted by atomic mass is 32.1. The summed E-state index contributed by atoms with van der Waals surface area (Å²) in [6.45, 7) is 8.76. The molecule has 310 valence electrons. The van der Waals surface area contributed by atoms with Crippen molar-refractivity contribution in [2.75, 3.05) is 9.80 Å². The van der Waals surface area contributed by atoms with Crippen LogP contribution in [0.25, 0.3) is 85.6 Å². The van der Waals surface area contributed by atoms with Crippen molar-refractivity contribution in [3.8, 4) is 0 Å². The molecule has 0 aliphatic rings. The van der Waals surface area contributed by atoms with Gasteiger partial charge in [-0.15, -0.1) is 11.3 Å². The first-order valence-electron chi connectivity index (χ1n) is 22.2. The van der Waals surface area contributed by atoms with Gasteiger partial charge in [-0.25, -0.2) is 0 Å². The molecule has 13 rings (SSSR count). The number of hydrogen-bond donors (Lipinski definition) is 0. The Bertz CT molecular complexity index is 3830. The van der Waals surface area contributed by atoms with Crippen LogP contribution in [0.3, 0.4) is 0 Å². The minimum absolute atomic E-state index is 0.864. The van der Waals surface area contributed by atoms with Gasteiger partial charge in [-0.05, 0) is 111 Å². The highest BCUT2D eigenvalue weighted by Crippen LogP contribution is 2.52. The maximum atomic E-state index is 6.80. The van der Waals surface area contributed by atoms with Gasteiger partial charge in [0.25, 0.3) is 0 Å². The summed E-state index contributed by atoms with van der Waals surface area (Å²) in [5.41, 5.74) is 14.8. The summed E-state index contributed by atoms with van der Waals surface area (Å²) in [6.07, 6.45) is 0. The fourth-order valence-corrected chi connectivity index (χ4v) is 11.5. The molecule has 3 heterocycles. The predicted octanol–water partition coefficient (Wildman–Crippen LogP) is 18.3. The molecule has 0 N–H and O–H groups in total. The average Bonchev–Trinajstić information content (AvgIpc) is 4.04. The first-order chi connectivity index (χ1) is 31.9. The van der Waals surface area contributed by atoms with E-state index in [1.54, 1.807) is 0 Å². The van der Waals surface area contributed by atoms with Crippen LogP contribution in [0.2, 0.25) is 0 Å². The molecule has 0 fully saturated rings. The van der Waals surface area contributed by atoms with Crippen LogP contribution in [0.5, 0.6) is 0 Å². The van der Waals surface area contributed by atoms with E-state index in [9.17, 15) is 0 Å². The van der Waals surface area contributed by atoms with Crippen molar-refractivity contribution in [2.24, 2.45) is 0 Å². The van der Waals surface area contributed by atoms with Gasteiger partial charge in [-0.1, -0.05) is 121 Å². The highest BCUT2D eigenvalue weighted by molar-refractivity contribution is 7.27. The second-order valence-electron chi connectivity index (χ2n) is 17.5. The number of rotatable bonds is 6. The molecule has 5 heteroatoms. The first-order valence-corrected chi connectivity index (χ1v) is 23.1. The van der Waals surface area contributed by atoms with Crippen LogP contribution in [-0.4, -0.2) is 0 Å². The van der Waals surface area contributed by atoms with Crippen LogP contribution in [0.4, 0.5) is 34.1 Å². The van der Waals surface area contributed by atoms with Crippen molar-refractivity contribution < 1.29 is 8.83 Å². The summed E-state index contributed by atoms with van der Waals surface area (Å²) in [7, 11) is 0. The fourth-order valence-electron chi connectivity index (χ4n) is 10.1. The second-order valence-corrected chi connectivity index (χ2v) is 18.5. The molecule has 0 amide bonds. The van der Waals surface area contributed by atoms with Gasteiger partial charge >= 0.3 is 0 Å². The Kier molecular flexibility index (Phi) is 8.31. The Labute approximate surface area is 379 Å². The molecule has 0 saturated heterocycles. The van der Waals surface area contributed by atoms with E-state index >= 15 is 0 Å². The van der Waals surface area contributed by atoms with E-state index in [0.717, 1.165) is 78.0 Å². The molecule has 10 aromatic carbocycles. The van der Waals surface area contributed by atoms with Crippen molar-refractivity contribution >= 4 is 131 Å². The normalized spacial score (nSPS) is 12.0. The third-order valence-electron chi connectivity index (χ3n) is 13.7. The lowest BCUT2D eigenvalue weighted by Gasteiger charge is -2.28. The van der Waals surface area contributed by atoms with Crippen molar-refractivity contribution in [3.05, 3.63) is 204 Å². The third kappa shape index (κ3) is 5.68. The largest absolute Gasteiger partial charge is 0.454 e. The molecule has 0 aliphatic carbocycles. The quantitative estimate of drug-likeness (QED) is 0.167. The van der Waals surface area contributed by atoms with E-state index < -0.39 is 0 Å². The number of hydrogen-bond acceptors (Lipinski definition) is 5. The lowest BCUT2D eigenvalue weighted by Crippen LogP contribution is -2.11. The van der Waals surface area contributed by atoms with Crippen molar-refractivity contribution in [1.29, 1.82) is 0 Å². The minimum atomic E-state index is 0.864. The zero-order valence-electron chi connectivity index (χ0n) is 36.4. The van der Waals surface area contributed by atoms with Crippen LogP contribution >= 0.6 is 11.3 Å². The number of aryl methyl sites for hydroxylation is 4. The molecule has 0 spiro atoms. The van der Waals surface area contributed by atoms with Gasteiger partial charge in [0.1, 0.15) is 11.2 Å². The van der Waals surface area contributed by atoms with E-state index in [1.807, 2.05) is 23.5 Å². The molecule has 0 unspecified atom stereocenters. The zero-order chi connectivity index (χ0) is 43.5. The summed E-state index contributed by atoms with van der Waals surface area (Å²) in [5.74, 6) is 0. The van der Waals surface area contributed by atoms with Gasteiger partial charge in [-0.2, -0.15) is 0 Å². The number of nitrogens with zero attached hydrogens (tertiary/aromatic N) is 2. The number of anilines is 6. The van der Waals surface area contributed by atoms with Crippen LogP contribution in [0.15, 0.2) is 191 Å². The van der Waals surface area contributed by atoms with Crippen LogP contribution < -0.4 is 9.80 Å². The third-order valence-corrected chi connectivity index (χ3v) is 15.0. The maximum Gasteiger partial charge on any atom is 0.159 e. The monoisotopic (exact) mass is 854 g/mol. The molecule has 65 heavy (non-hydrogen) atoms. The van der Waals surface area contributed by atoms with Gasteiger partial charge in [0, 0.05) is 74.6 Å². The van der Waals surface area contributed by atoms with Gasteiger partial charge in [0.2, 0.25) is 0 Å². The Morgan fingerprint density at radius 2 is 0.692 bits per heavy atom. The number of furan rings is 2. The molecular formula is C60H42N2O2S. The topological polar surface area (TPSA) is 32.8 Å². The Morgan fingerprint density at radius 3 is 1.12 bits per heavy atom. The summed E-state index contributed by atoms with van der Waals surface area (Å²) < 4.78 is 16.1. The summed E-state index contributed by atoms with van der Waals surface area (Å²) >= 11 is 1.89. The van der Waals surface area contributed by atoms with E-state index in [1.165, 1.54) is 64.0 Å². The van der Waals surface area contributed by atoms with Crippen molar-refractivity contribution in [3.63, 3.8) is 0 Å². The molecule has 0 atom stereocenters. The standard InChI is InChI=1S/C60H42N2O2S/c1-35-27-29-39(31-37(35)3)61(51-23-13-21-45-43-17-9-11-25-55(43)63-57(45)51)53-33-49-50-34-54(42-16-6-8-20-48(42)60(50)65-59(49)47-19-7-5-15-41(47)53)62(40-30-28-36(2)38(4)32-40)52-24-14-22-46-44-18-10-12-26-56(44)64-58(46)52/h5-34H,1-4H3. The number of benzene rings is 10. The van der Waals surface area contributed by atoms with E-state index in [4.69, 9.17) is 8.83 Å². The Morgan fingerprint density at radius 1 is 0.308 bits per heavy atom.